The van der Waals surface area contributed by atoms with Crippen LogP contribution in [0.5, 0.6) is 0 Å². The quantitative estimate of drug-likeness (QED) is 0.625. The highest BCUT2D eigenvalue weighted by atomic mass is 14.1. The van der Waals surface area contributed by atoms with Crippen molar-refractivity contribution < 1.29 is 0 Å². The van der Waals surface area contributed by atoms with E-state index in [1.165, 1.54) is 24.0 Å². The Bertz CT molecular complexity index is 317. The maximum Gasteiger partial charge on any atom is 0.0452 e. The van der Waals surface area contributed by atoms with Gasteiger partial charge in [-0.25, -0.2) is 0 Å². The molecule has 0 fully saturated rings. The standard InChI is InChI=1S/C14H18/c1-4-6-10-13(5-2)14-11-8-7-9-12(14)3/h2,7-9,11,13H,4,6,10H2,1,3H3. The molecule has 0 aliphatic rings. The number of rotatable bonds is 4. The molecule has 1 atom stereocenters. The largest absolute Gasteiger partial charge is 0.119 e. The van der Waals surface area contributed by atoms with Crippen molar-refractivity contribution in [3.63, 3.8) is 0 Å². The van der Waals surface area contributed by atoms with E-state index in [0.717, 1.165) is 6.42 Å². The van der Waals surface area contributed by atoms with Crippen LogP contribution < -0.4 is 0 Å². The summed E-state index contributed by atoms with van der Waals surface area (Å²) in [6.07, 6.45) is 9.10. The number of aryl methyl sites for hydroxylation is 1. The second kappa shape index (κ2) is 5.50. The first kappa shape index (κ1) is 10.9. The molecule has 0 radical (unpaired) electrons. The number of benzene rings is 1. The van der Waals surface area contributed by atoms with E-state index in [2.05, 4.69) is 44.0 Å². The maximum absolute atomic E-state index is 5.56. The fourth-order valence-corrected chi connectivity index (χ4v) is 1.71. The Hall–Kier alpha value is -1.22. The van der Waals surface area contributed by atoms with Gasteiger partial charge in [0, 0.05) is 5.92 Å². The zero-order chi connectivity index (χ0) is 10.4. The Morgan fingerprint density at radius 1 is 1.36 bits per heavy atom. The van der Waals surface area contributed by atoms with Gasteiger partial charge >= 0.3 is 0 Å². The summed E-state index contributed by atoms with van der Waals surface area (Å²) in [7, 11) is 0. The molecule has 1 rings (SSSR count). The van der Waals surface area contributed by atoms with Gasteiger partial charge in [-0.3, -0.25) is 0 Å². The first-order chi connectivity index (χ1) is 6.79. The van der Waals surface area contributed by atoms with E-state index in [9.17, 15) is 0 Å². The lowest BCUT2D eigenvalue weighted by Gasteiger charge is -2.12. The highest BCUT2D eigenvalue weighted by Crippen LogP contribution is 2.23. The molecule has 1 aromatic rings. The fourth-order valence-electron chi connectivity index (χ4n) is 1.71. The molecule has 14 heavy (non-hydrogen) atoms. The van der Waals surface area contributed by atoms with Gasteiger partial charge in [0.25, 0.3) is 0 Å². The minimum atomic E-state index is 0.302. The normalized spacial score (nSPS) is 12.1. The van der Waals surface area contributed by atoms with E-state index in [1.54, 1.807) is 0 Å². The smallest absolute Gasteiger partial charge is 0.0452 e. The molecule has 0 spiro atoms. The van der Waals surface area contributed by atoms with E-state index in [1.807, 2.05) is 0 Å². The molecule has 0 heteroatoms. The van der Waals surface area contributed by atoms with Crippen LogP contribution in [0.2, 0.25) is 0 Å². The molecule has 0 nitrogen and oxygen atoms in total. The van der Waals surface area contributed by atoms with Gasteiger partial charge in [0.2, 0.25) is 0 Å². The van der Waals surface area contributed by atoms with Crippen molar-refractivity contribution in [1.29, 1.82) is 0 Å². The second-order valence-corrected chi connectivity index (χ2v) is 3.72. The van der Waals surface area contributed by atoms with Crippen LogP contribution in [0.3, 0.4) is 0 Å². The topological polar surface area (TPSA) is 0 Å². The summed E-state index contributed by atoms with van der Waals surface area (Å²) in [5, 5.41) is 0. The highest BCUT2D eigenvalue weighted by molar-refractivity contribution is 5.33. The molecule has 1 unspecified atom stereocenters. The number of unbranched alkanes of at least 4 members (excludes halogenated alkanes) is 1. The third-order valence-electron chi connectivity index (χ3n) is 2.61. The van der Waals surface area contributed by atoms with Crippen LogP contribution in [0.25, 0.3) is 0 Å². The van der Waals surface area contributed by atoms with Crippen molar-refractivity contribution in [2.75, 3.05) is 0 Å². The lowest BCUT2D eigenvalue weighted by Crippen LogP contribution is -1.98. The lowest BCUT2D eigenvalue weighted by atomic mass is 9.91. The van der Waals surface area contributed by atoms with Gasteiger partial charge in [-0.05, 0) is 24.5 Å². The molecule has 0 aliphatic carbocycles. The van der Waals surface area contributed by atoms with Crippen molar-refractivity contribution >= 4 is 0 Å². The molecule has 0 saturated heterocycles. The summed E-state index contributed by atoms with van der Waals surface area (Å²) in [4.78, 5) is 0. The van der Waals surface area contributed by atoms with Crippen molar-refractivity contribution in [3.8, 4) is 12.3 Å². The maximum atomic E-state index is 5.56. The second-order valence-electron chi connectivity index (χ2n) is 3.72. The SMILES string of the molecule is C#CC(CCCC)c1ccccc1C. The van der Waals surface area contributed by atoms with Gasteiger partial charge in [0.1, 0.15) is 0 Å². The molecular formula is C14H18. The molecule has 1 aromatic carbocycles. The van der Waals surface area contributed by atoms with Gasteiger partial charge in [-0.2, -0.15) is 0 Å². The Morgan fingerprint density at radius 2 is 2.07 bits per heavy atom. The summed E-state index contributed by atoms with van der Waals surface area (Å²) in [6, 6.07) is 8.41. The van der Waals surface area contributed by atoms with Crippen LogP contribution in [0.1, 0.15) is 43.2 Å². The van der Waals surface area contributed by atoms with Crippen molar-refractivity contribution in [1.82, 2.24) is 0 Å². The lowest BCUT2D eigenvalue weighted by molar-refractivity contribution is 0.674. The fraction of sp³-hybridized carbons (Fsp3) is 0.429. The molecule has 0 heterocycles. The number of terminal acetylenes is 1. The van der Waals surface area contributed by atoms with Crippen LogP contribution in [-0.2, 0) is 0 Å². The van der Waals surface area contributed by atoms with Crippen molar-refractivity contribution in [2.45, 2.75) is 39.0 Å². The van der Waals surface area contributed by atoms with Crippen LogP contribution in [0.4, 0.5) is 0 Å². The van der Waals surface area contributed by atoms with Crippen molar-refractivity contribution in [2.24, 2.45) is 0 Å². The minimum absolute atomic E-state index is 0.302. The zero-order valence-electron chi connectivity index (χ0n) is 9.09. The predicted octanol–water partition coefficient (Wildman–Crippen LogP) is 3.90. The minimum Gasteiger partial charge on any atom is -0.119 e. The average Bonchev–Trinajstić information content (AvgIpc) is 2.21. The Morgan fingerprint density at radius 3 is 2.64 bits per heavy atom. The van der Waals surface area contributed by atoms with Gasteiger partial charge < -0.3 is 0 Å². The van der Waals surface area contributed by atoms with Crippen LogP contribution in [0.15, 0.2) is 24.3 Å². The third kappa shape index (κ3) is 2.64. The van der Waals surface area contributed by atoms with Gasteiger partial charge in [-0.1, -0.05) is 50.0 Å². The van der Waals surface area contributed by atoms with Gasteiger partial charge in [0.15, 0.2) is 0 Å². The molecule has 0 aromatic heterocycles. The predicted molar refractivity (Wildman–Crippen MR) is 62.3 cm³/mol. The van der Waals surface area contributed by atoms with E-state index >= 15 is 0 Å². The molecule has 0 amide bonds. The van der Waals surface area contributed by atoms with Crippen LogP contribution in [0, 0.1) is 19.3 Å². The molecule has 0 saturated carbocycles. The van der Waals surface area contributed by atoms with E-state index < -0.39 is 0 Å². The van der Waals surface area contributed by atoms with Crippen LogP contribution >= 0.6 is 0 Å². The Balaban J connectivity index is 2.80. The summed E-state index contributed by atoms with van der Waals surface area (Å²) in [6.45, 7) is 4.33. The Kier molecular flexibility index (Phi) is 4.26. The summed E-state index contributed by atoms with van der Waals surface area (Å²) in [5.41, 5.74) is 2.63. The van der Waals surface area contributed by atoms with Gasteiger partial charge in [-0.15, -0.1) is 6.42 Å². The van der Waals surface area contributed by atoms with E-state index in [0.29, 0.717) is 5.92 Å². The monoisotopic (exact) mass is 186 g/mol. The number of hydrogen-bond acceptors (Lipinski definition) is 0. The summed E-state index contributed by atoms with van der Waals surface area (Å²) >= 11 is 0. The highest BCUT2D eigenvalue weighted by Gasteiger charge is 2.09. The molecule has 0 bridgehead atoms. The zero-order valence-corrected chi connectivity index (χ0v) is 9.09. The molecule has 0 N–H and O–H groups in total. The third-order valence-corrected chi connectivity index (χ3v) is 2.61. The molecule has 74 valence electrons. The first-order valence-corrected chi connectivity index (χ1v) is 5.31. The Labute approximate surface area is 87.4 Å². The summed E-state index contributed by atoms with van der Waals surface area (Å²) in [5.74, 6) is 3.20. The number of hydrogen-bond donors (Lipinski definition) is 0. The molecular weight excluding hydrogens is 168 g/mol. The van der Waals surface area contributed by atoms with Crippen molar-refractivity contribution in [3.05, 3.63) is 35.4 Å². The molecule has 0 aliphatic heterocycles. The van der Waals surface area contributed by atoms with E-state index in [4.69, 9.17) is 6.42 Å². The van der Waals surface area contributed by atoms with E-state index in [-0.39, 0.29) is 0 Å². The van der Waals surface area contributed by atoms with Crippen LogP contribution in [-0.4, -0.2) is 0 Å². The summed E-state index contributed by atoms with van der Waals surface area (Å²) < 4.78 is 0. The van der Waals surface area contributed by atoms with Gasteiger partial charge in [0.05, 0.1) is 0 Å². The first-order valence-electron chi connectivity index (χ1n) is 5.31. The average molecular weight is 186 g/mol.